The van der Waals surface area contributed by atoms with E-state index in [1.807, 2.05) is 0 Å². The number of hydrazine groups is 1. The third-order valence-corrected chi connectivity index (χ3v) is 5.64. The van der Waals surface area contributed by atoms with Crippen LogP contribution in [-0.2, 0) is 9.59 Å². The van der Waals surface area contributed by atoms with E-state index >= 15 is 0 Å². The van der Waals surface area contributed by atoms with Crippen molar-refractivity contribution in [3.63, 3.8) is 0 Å². The Hall–Kier alpha value is -3.95. The van der Waals surface area contributed by atoms with Gasteiger partial charge in [-0.05, 0) is 36.8 Å². The fourth-order valence-corrected chi connectivity index (χ4v) is 3.73. The van der Waals surface area contributed by atoms with Gasteiger partial charge in [0.2, 0.25) is 18.6 Å². The summed E-state index contributed by atoms with van der Waals surface area (Å²) in [5.74, 6) is 0.392. The molecule has 2 aromatic carbocycles. The van der Waals surface area contributed by atoms with Crippen LogP contribution in [0.25, 0.3) is 0 Å². The molecular formula is C24H27N3O7. The summed E-state index contributed by atoms with van der Waals surface area (Å²) < 4.78 is 21.6. The lowest BCUT2D eigenvalue weighted by molar-refractivity contribution is -0.126. The number of ether oxygens (including phenoxy) is 4. The molecule has 180 valence electrons. The number of fused-ring (bicyclic) bond motifs is 1. The van der Waals surface area contributed by atoms with Crippen molar-refractivity contribution in [2.24, 2.45) is 5.92 Å². The van der Waals surface area contributed by atoms with Crippen LogP contribution in [0.5, 0.6) is 23.0 Å². The minimum atomic E-state index is -0.609. The van der Waals surface area contributed by atoms with E-state index < -0.39 is 17.7 Å². The average Bonchev–Trinajstić information content (AvgIpc) is 3.48. The van der Waals surface area contributed by atoms with Gasteiger partial charge < -0.3 is 23.8 Å². The third-order valence-electron chi connectivity index (χ3n) is 5.64. The van der Waals surface area contributed by atoms with Gasteiger partial charge in [0, 0.05) is 30.3 Å². The fraction of sp³-hybridized carbons (Fsp3) is 0.375. The van der Waals surface area contributed by atoms with Gasteiger partial charge in [0.25, 0.3) is 5.91 Å². The second-order valence-corrected chi connectivity index (χ2v) is 7.95. The molecule has 0 aromatic heterocycles. The normalized spacial score (nSPS) is 16.4. The van der Waals surface area contributed by atoms with Crippen molar-refractivity contribution in [1.82, 2.24) is 10.9 Å². The van der Waals surface area contributed by atoms with Gasteiger partial charge in [-0.2, -0.15) is 0 Å². The van der Waals surface area contributed by atoms with Gasteiger partial charge in [-0.3, -0.25) is 25.2 Å². The van der Waals surface area contributed by atoms with Crippen LogP contribution < -0.4 is 34.7 Å². The number of methoxy groups -OCH3 is 1. The number of anilines is 1. The lowest BCUT2D eigenvalue weighted by Crippen LogP contribution is -2.45. The van der Waals surface area contributed by atoms with Crippen molar-refractivity contribution < 1.29 is 33.3 Å². The highest BCUT2D eigenvalue weighted by atomic mass is 16.7. The molecule has 0 spiro atoms. The zero-order chi connectivity index (χ0) is 24.1. The largest absolute Gasteiger partial charge is 0.493 e. The highest BCUT2D eigenvalue weighted by Gasteiger charge is 2.36. The number of benzene rings is 2. The van der Waals surface area contributed by atoms with Crippen LogP contribution in [0.4, 0.5) is 5.69 Å². The number of nitrogens with one attached hydrogen (secondary N) is 2. The molecular weight excluding hydrogens is 442 g/mol. The Morgan fingerprint density at radius 1 is 1.09 bits per heavy atom. The third kappa shape index (κ3) is 5.00. The number of unbranched alkanes of at least 4 members (excludes halogenated alkanes) is 1. The summed E-state index contributed by atoms with van der Waals surface area (Å²) in [4.78, 5) is 39.2. The Morgan fingerprint density at radius 2 is 1.91 bits per heavy atom. The van der Waals surface area contributed by atoms with Gasteiger partial charge in [0.15, 0.2) is 23.0 Å². The molecule has 0 aliphatic carbocycles. The Morgan fingerprint density at radius 3 is 2.71 bits per heavy atom. The summed E-state index contributed by atoms with van der Waals surface area (Å²) in [5.41, 5.74) is 5.74. The smallest absolute Gasteiger partial charge is 0.269 e. The standard InChI is InChI=1S/C24H27N3O7/c1-3-4-9-32-18-7-5-15(10-20(18)31-2)23(29)25-26-24(30)16-11-22(28)27(13-16)17-6-8-19-21(12-17)34-14-33-19/h5-8,10,12,16H,3-4,9,11,13-14H2,1-2H3,(H,25,29)(H,26,30). The minimum Gasteiger partial charge on any atom is -0.493 e. The lowest BCUT2D eigenvalue weighted by Gasteiger charge is -2.17. The lowest BCUT2D eigenvalue weighted by atomic mass is 10.1. The molecule has 2 heterocycles. The topological polar surface area (TPSA) is 115 Å². The number of hydrogen-bond donors (Lipinski definition) is 2. The van der Waals surface area contributed by atoms with E-state index in [4.69, 9.17) is 18.9 Å². The maximum Gasteiger partial charge on any atom is 0.269 e. The maximum absolute atomic E-state index is 12.6. The van der Waals surface area contributed by atoms with Gasteiger partial charge in [-0.1, -0.05) is 13.3 Å². The van der Waals surface area contributed by atoms with Crippen LogP contribution in [0, 0.1) is 5.92 Å². The van der Waals surface area contributed by atoms with E-state index in [2.05, 4.69) is 17.8 Å². The molecule has 1 fully saturated rings. The molecule has 1 atom stereocenters. The summed E-state index contributed by atoms with van der Waals surface area (Å²) in [6.45, 7) is 2.95. The molecule has 10 heteroatoms. The predicted molar refractivity (Wildman–Crippen MR) is 122 cm³/mol. The summed E-state index contributed by atoms with van der Waals surface area (Å²) in [6.07, 6.45) is 1.95. The van der Waals surface area contributed by atoms with E-state index in [1.54, 1.807) is 36.4 Å². The van der Waals surface area contributed by atoms with Crippen LogP contribution in [-0.4, -0.2) is 44.8 Å². The molecule has 3 amide bonds. The average molecular weight is 469 g/mol. The van der Waals surface area contributed by atoms with Gasteiger partial charge >= 0.3 is 0 Å². The molecule has 34 heavy (non-hydrogen) atoms. The van der Waals surface area contributed by atoms with E-state index in [-0.39, 0.29) is 25.7 Å². The van der Waals surface area contributed by atoms with E-state index in [0.717, 1.165) is 12.8 Å². The van der Waals surface area contributed by atoms with Crippen molar-refractivity contribution in [2.45, 2.75) is 26.2 Å². The number of nitrogens with zero attached hydrogens (tertiary/aromatic N) is 1. The van der Waals surface area contributed by atoms with E-state index in [9.17, 15) is 14.4 Å². The number of carbonyl (C=O) groups excluding carboxylic acids is 3. The van der Waals surface area contributed by atoms with Crippen LogP contribution in [0.15, 0.2) is 36.4 Å². The molecule has 0 saturated carbocycles. The molecule has 2 aliphatic rings. The Kier molecular flexibility index (Phi) is 7.05. The second-order valence-electron chi connectivity index (χ2n) is 7.95. The van der Waals surface area contributed by atoms with Crippen molar-refractivity contribution in [2.75, 3.05) is 32.0 Å². The second kappa shape index (κ2) is 10.3. The number of amides is 3. The fourth-order valence-electron chi connectivity index (χ4n) is 3.73. The van der Waals surface area contributed by atoms with Crippen LogP contribution in [0.3, 0.4) is 0 Å². The molecule has 0 radical (unpaired) electrons. The molecule has 1 saturated heterocycles. The highest BCUT2D eigenvalue weighted by molar-refractivity contribution is 6.01. The predicted octanol–water partition coefficient (Wildman–Crippen LogP) is 2.42. The first-order valence-electron chi connectivity index (χ1n) is 11.1. The molecule has 10 nitrogen and oxygen atoms in total. The van der Waals surface area contributed by atoms with Crippen molar-refractivity contribution in [1.29, 1.82) is 0 Å². The molecule has 2 N–H and O–H groups in total. The first-order valence-corrected chi connectivity index (χ1v) is 11.1. The molecule has 1 unspecified atom stereocenters. The Bertz CT molecular complexity index is 1090. The Labute approximate surface area is 197 Å². The van der Waals surface area contributed by atoms with Crippen LogP contribution in [0.2, 0.25) is 0 Å². The first-order chi connectivity index (χ1) is 16.5. The molecule has 2 aromatic rings. The molecule has 4 rings (SSSR count). The van der Waals surface area contributed by atoms with Crippen molar-refractivity contribution in [3.05, 3.63) is 42.0 Å². The summed E-state index contributed by atoms with van der Waals surface area (Å²) in [6, 6.07) is 9.98. The summed E-state index contributed by atoms with van der Waals surface area (Å²) in [5, 5.41) is 0. The van der Waals surface area contributed by atoms with Crippen LogP contribution in [0.1, 0.15) is 36.5 Å². The van der Waals surface area contributed by atoms with E-state index in [1.165, 1.54) is 12.0 Å². The van der Waals surface area contributed by atoms with Gasteiger partial charge in [0.1, 0.15) is 0 Å². The zero-order valence-corrected chi connectivity index (χ0v) is 19.1. The first kappa shape index (κ1) is 23.2. The molecule has 0 bridgehead atoms. The van der Waals surface area contributed by atoms with Gasteiger partial charge in [0.05, 0.1) is 19.6 Å². The zero-order valence-electron chi connectivity index (χ0n) is 19.1. The molecule has 2 aliphatic heterocycles. The minimum absolute atomic E-state index is 0.0355. The van der Waals surface area contributed by atoms with Crippen molar-refractivity contribution >= 4 is 23.4 Å². The van der Waals surface area contributed by atoms with E-state index in [0.29, 0.717) is 40.9 Å². The monoisotopic (exact) mass is 469 g/mol. The Balaban J connectivity index is 1.33. The number of carbonyl (C=O) groups is 3. The SMILES string of the molecule is CCCCOc1ccc(C(=O)NNC(=O)C2CC(=O)N(c3ccc4c(c3)OCO4)C2)cc1OC. The van der Waals surface area contributed by atoms with Crippen molar-refractivity contribution in [3.8, 4) is 23.0 Å². The number of rotatable bonds is 8. The summed E-state index contributed by atoms with van der Waals surface area (Å²) in [7, 11) is 1.49. The number of hydrogen-bond acceptors (Lipinski definition) is 7. The highest BCUT2D eigenvalue weighted by Crippen LogP contribution is 2.37. The maximum atomic E-state index is 12.6. The quantitative estimate of drug-likeness (QED) is 0.451. The summed E-state index contributed by atoms with van der Waals surface area (Å²) >= 11 is 0. The van der Waals surface area contributed by atoms with Gasteiger partial charge in [-0.25, -0.2) is 0 Å². The van der Waals surface area contributed by atoms with Gasteiger partial charge in [-0.15, -0.1) is 0 Å². The van der Waals surface area contributed by atoms with Crippen LogP contribution >= 0.6 is 0 Å².